The first-order valence-electron chi connectivity index (χ1n) is 5.28. The highest BCUT2D eigenvalue weighted by Gasteiger charge is 2.13. The van der Waals surface area contributed by atoms with E-state index in [1.54, 1.807) is 14.0 Å². The molecule has 0 amide bonds. The van der Waals surface area contributed by atoms with Gasteiger partial charge in [0.25, 0.3) is 5.89 Å². The van der Waals surface area contributed by atoms with Crippen molar-refractivity contribution in [3.8, 4) is 17.2 Å². The summed E-state index contributed by atoms with van der Waals surface area (Å²) >= 11 is 0. The maximum Gasteiger partial charge on any atom is 0.258 e. The van der Waals surface area contributed by atoms with Crippen LogP contribution < -0.4 is 4.74 Å². The molecule has 0 aliphatic heterocycles. The van der Waals surface area contributed by atoms with Crippen molar-refractivity contribution in [1.82, 2.24) is 10.1 Å². The van der Waals surface area contributed by atoms with Crippen LogP contribution in [-0.2, 0) is 0 Å². The van der Waals surface area contributed by atoms with E-state index in [9.17, 15) is 5.11 Å². The van der Waals surface area contributed by atoms with E-state index < -0.39 is 6.10 Å². The minimum Gasteiger partial charge on any atom is -0.496 e. The summed E-state index contributed by atoms with van der Waals surface area (Å²) in [4.78, 5) is 4.10. The molecule has 1 aromatic carbocycles. The van der Waals surface area contributed by atoms with Crippen LogP contribution in [0.4, 0.5) is 0 Å². The van der Waals surface area contributed by atoms with Crippen LogP contribution in [0, 0.1) is 6.92 Å². The van der Waals surface area contributed by atoms with Gasteiger partial charge in [0.05, 0.1) is 7.11 Å². The number of benzene rings is 1. The molecule has 0 saturated heterocycles. The van der Waals surface area contributed by atoms with E-state index in [4.69, 9.17) is 9.26 Å². The molecule has 5 nitrogen and oxygen atoms in total. The number of rotatable bonds is 3. The molecule has 0 spiro atoms. The van der Waals surface area contributed by atoms with Crippen LogP contribution in [0.25, 0.3) is 11.5 Å². The number of nitrogens with zero attached hydrogens (tertiary/aromatic N) is 2. The van der Waals surface area contributed by atoms with Gasteiger partial charge < -0.3 is 14.4 Å². The Labute approximate surface area is 99.0 Å². The van der Waals surface area contributed by atoms with Crippen molar-refractivity contribution < 1.29 is 14.4 Å². The summed E-state index contributed by atoms with van der Waals surface area (Å²) < 4.78 is 10.3. The predicted molar refractivity (Wildman–Crippen MR) is 61.7 cm³/mol. The van der Waals surface area contributed by atoms with Crippen LogP contribution >= 0.6 is 0 Å². The molecule has 1 N–H and O–H groups in total. The van der Waals surface area contributed by atoms with E-state index in [0.717, 1.165) is 16.9 Å². The Bertz CT molecular complexity index is 520. The lowest BCUT2D eigenvalue weighted by Gasteiger charge is -2.04. The number of hydrogen-bond donors (Lipinski definition) is 1. The number of aromatic nitrogens is 2. The van der Waals surface area contributed by atoms with Crippen LogP contribution in [0.15, 0.2) is 22.7 Å². The van der Waals surface area contributed by atoms with Gasteiger partial charge in [-0.25, -0.2) is 0 Å². The Morgan fingerprint density at radius 1 is 1.41 bits per heavy atom. The maximum absolute atomic E-state index is 9.32. The van der Waals surface area contributed by atoms with Gasteiger partial charge in [0, 0.05) is 5.56 Å². The Kier molecular flexibility index (Phi) is 3.10. The second kappa shape index (κ2) is 4.55. The van der Waals surface area contributed by atoms with Gasteiger partial charge in [-0.05, 0) is 31.5 Å². The van der Waals surface area contributed by atoms with Gasteiger partial charge in [-0.2, -0.15) is 4.98 Å². The monoisotopic (exact) mass is 234 g/mol. The lowest BCUT2D eigenvalue weighted by atomic mass is 10.1. The fourth-order valence-electron chi connectivity index (χ4n) is 1.47. The van der Waals surface area contributed by atoms with Crippen LogP contribution in [-0.4, -0.2) is 22.4 Å². The molecule has 0 bridgehead atoms. The highest BCUT2D eigenvalue weighted by Crippen LogP contribution is 2.26. The van der Waals surface area contributed by atoms with E-state index >= 15 is 0 Å². The fraction of sp³-hybridized carbons (Fsp3) is 0.333. The van der Waals surface area contributed by atoms with Gasteiger partial charge in [-0.1, -0.05) is 11.2 Å². The lowest BCUT2D eigenvalue weighted by molar-refractivity contribution is 0.184. The molecular formula is C12H14N2O3. The topological polar surface area (TPSA) is 68.4 Å². The maximum atomic E-state index is 9.32. The number of ether oxygens (including phenoxy) is 1. The zero-order valence-corrected chi connectivity index (χ0v) is 9.97. The number of aryl methyl sites for hydroxylation is 1. The molecular weight excluding hydrogens is 220 g/mol. The Balaban J connectivity index is 2.38. The first-order chi connectivity index (χ1) is 8.11. The van der Waals surface area contributed by atoms with Crippen molar-refractivity contribution in [3.63, 3.8) is 0 Å². The smallest absolute Gasteiger partial charge is 0.258 e. The summed E-state index contributed by atoms with van der Waals surface area (Å²) in [7, 11) is 1.61. The molecule has 0 aliphatic rings. The molecule has 1 unspecified atom stereocenters. The van der Waals surface area contributed by atoms with E-state index in [2.05, 4.69) is 10.1 Å². The van der Waals surface area contributed by atoms with Gasteiger partial charge in [-0.3, -0.25) is 0 Å². The van der Waals surface area contributed by atoms with Crippen LogP contribution in [0.1, 0.15) is 24.4 Å². The minimum absolute atomic E-state index is 0.277. The zero-order valence-electron chi connectivity index (χ0n) is 9.97. The highest BCUT2D eigenvalue weighted by atomic mass is 16.5. The second-order valence-electron chi connectivity index (χ2n) is 3.82. The number of aliphatic hydroxyl groups excluding tert-OH is 1. The van der Waals surface area contributed by atoms with E-state index in [1.165, 1.54) is 0 Å². The van der Waals surface area contributed by atoms with Gasteiger partial charge in [0.15, 0.2) is 5.82 Å². The third-order valence-corrected chi connectivity index (χ3v) is 2.47. The molecule has 5 heteroatoms. The summed E-state index contributed by atoms with van der Waals surface area (Å²) in [6, 6.07) is 5.62. The molecule has 1 atom stereocenters. The lowest BCUT2D eigenvalue weighted by Crippen LogP contribution is -1.93. The molecule has 0 radical (unpaired) electrons. The predicted octanol–water partition coefficient (Wildman–Crippen LogP) is 2.11. The highest BCUT2D eigenvalue weighted by molar-refractivity contribution is 5.57. The third kappa shape index (κ3) is 2.29. The molecule has 1 aromatic heterocycles. The molecule has 0 aliphatic carbocycles. The molecule has 1 heterocycles. The molecule has 2 rings (SSSR count). The van der Waals surface area contributed by atoms with Gasteiger partial charge >= 0.3 is 0 Å². The van der Waals surface area contributed by atoms with E-state index in [1.807, 2.05) is 25.1 Å². The zero-order chi connectivity index (χ0) is 12.4. The van der Waals surface area contributed by atoms with Gasteiger partial charge in [-0.15, -0.1) is 0 Å². The number of hydrogen-bond acceptors (Lipinski definition) is 5. The van der Waals surface area contributed by atoms with Crippen molar-refractivity contribution in [2.24, 2.45) is 0 Å². The molecule has 0 fully saturated rings. The molecule has 17 heavy (non-hydrogen) atoms. The molecule has 0 saturated carbocycles. The fourth-order valence-corrected chi connectivity index (χ4v) is 1.47. The van der Waals surface area contributed by atoms with Crippen molar-refractivity contribution in [2.45, 2.75) is 20.0 Å². The Morgan fingerprint density at radius 3 is 2.76 bits per heavy atom. The van der Waals surface area contributed by atoms with Crippen LogP contribution in [0.2, 0.25) is 0 Å². The largest absolute Gasteiger partial charge is 0.496 e. The average molecular weight is 234 g/mol. The van der Waals surface area contributed by atoms with E-state index in [0.29, 0.717) is 5.89 Å². The number of aliphatic hydroxyl groups is 1. The molecule has 90 valence electrons. The summed E-state index contributed by atoms with van der Waals surface area (Å²) in [6.45, 7) is 3.54. The van der Waals surface area contributed by atoms with Crippen LogP contribution in [0.3, 0.4) is 0 Å². The first kappa shape index (κ1) is 11.6. The number of methoxy groups -OCH3 is 1. The summed E-state index contributed by atoms with van der Waals surface area (Å²) in [5.74, 6) is 1.41. The first-order valence-corrected chi connectivity index (χ1v) is 5.28. The summed E-state index contributed by atoms with van der Waals surface area (Å²) in [5.41, 5.74) is 1.80. The third-order valence-electron chi connectivity index (χ3n) is 2.47. The molecule has 2 aromatic rings. The average Bonchev–Trinajstić information content (AvgIpc) is 2.79. The van der Waals surface area contributed by atoms with Gasteiger partial charge in [0.1, 0.15) is 11.9 Å². The summed E-state index contributed by atoms with van der Waals surface area (Å²) in [6.07, 6.45) is -0.736. The SMILES string of the molecule is COc1cc(-c2nc(C(C)O)no2)ccc1C. The van der Waals surface area contributed by atoms with E-state index in [-0.39, 0.29) is 5.82 Å². The Morgan fingerprint density at radius 2 is 2.18 bits per heavy atom. The van der Waals surface area contributed by atoms with Crippen molar-refractivity contribution in [2.75, 3.05) is 7.11 Å². The second-order valence-corrected chi connectivity index (χ2v) is 3.82. The minimum atomic E-state index is -0.736. The summed E-state index contributed by atoms with van der Waals surface area (Å²) in [5, 5.41) is 13.0. The quantitative estimate of drug-likeness (QED) is 0.880. The normalized spacial score (nSPS) is 12.5. The van der Waals surface area contributed by atoms with Crippen molar-refractivity contribution in [1.29, 1.82) is 0 Å². The Hall–Kier alpha value is -1.88. The van der Waals surface area contributed by atoms with Crippen molar-refractivity contribution in [3.05, 3.63) is 29.6 Å². The standard InChI is InChI=1S/C12H14N2O3/c1-7-4-5-9(6-10(7)16-3)12-13-11(8(2)15)14-17-12/h4-6,8,15H,1-3H3. The van der Waals surface area contributed by atoms with Gasteiger partial charge in [0.2, 0.25) is 0 Å². The van der Waals surface area contributed by atoms with Crippen molar-refractivity contribution >= 4 is 0 Å². The van der Waals surface area contributed by atoms with Crippen LogP contribution in [0.5, 0.6) is 5.75 Å².